The van der Waals surface area contributed by atoms with Gasteiger partial charge in [0.05, 0.1) is 6.10 Å². The van der Waals surface area contributed by atoms with Gasteiger partial charge in [0.1, 0.15) is 0 Å². The van der Waals surface area contributed by atoms with Crippen LogP contribution in [0.4, 0.5) is 0 Å². The van der Waals surface area contributed by atoms with E-state index in [9.17, 15) is 5.11 Å². The summed E-state index contributed by atoms with van der Waals surface area (Å²) in [5, 5.41) is 10.2. The van der Waals surface area contributed by atoms with Gasteiger partial charge >= 0.3 is 0 Å². The van der Waals surface area contributed by atoms with Crippen molar-refractivity contribution in [2.45, 2.75) is 51.6 Å². The fourth-order valence-electron chi connectivity index (χ4n) is 2.57. The molecule has 90 valence electrons. The van der Waals surface area contributed by atoms with E-state index in [1.54, 1.807) is 11.3 Å². The number of rotatable bonds is 3. The lowest BCUT2D eigenvalue weighted by Gasteiger charge is -2.23. The first-order valence-electron chi connectivity index (χ1n) is 6.10. The normalized spacial score (nSPS) is 19.9. The molecule has 2 rings (SSSR count). The Kier molecular flexibility index (Phi) is 4.45. The van der Waals surface area contributed by atoms with Crippen LogP contribution in [0.15, 0.2) is 10.5 Å². The van der Waals surface area contributed by atoms with Gasteiger partial charge in [-0.3, -0.25) is 0 Å². The van der Waals surface area contributed by atoms with Crippen molar-refractivity contribution in [1.82, 2.24) is 0 Å². The molecule has 3 heteroatoms. The van der Waals surface area contributed by atoms with Crippen LogP contribution < -0.4 is 0 Å². The molecule has 1 fully saturated rings. The second-order valence-electron chi connectivity index (χ2n) is 4.82. The minimum atomic E-state index is -0.267. The molecule has 16 heavy (non-hydrogen) atoms. The highest BCUT2D eigenvalue weighted by Gasteiger charge is 2.21. The topological polar surface area (TPSA) is 20.2 Å². The van der Waals surface area contributed by atoms with Gasteiger partial charge in [0.15, 0.2) is 0 Å². The molecule has 1 aromatic rings. The first kappa shape index (κ1) is 12.6. The molecular formula is C13H19BrOS. The van der Waals surface area contributed by atoms with Gasteiger partial charge in [0.2, 0.25) is 0 Å². The summed E-state index contributed by atoms with van der Waals surface area (Å²) in [6.07, 6.45) is 7.37. The maximum atomic E-state index is 10.2. The van der Waals surface area contributed by atoms with Crippen LogP contribution in [0.2, 0.25) is 0 Å². The smallest absolute Gasteiger partial charge is 0.0896 e. The monoisotopic (exact) mass is 302 g/mol. The number of hydrogen-bond acceptors (Lipinski definition) is 2. The van der Waals surface area contributed by atoms with Gasteiger partial charge < -0.3 is 5.11 Å². The Morgan fingerprint density at radius 3 is 2.69 bits per heavy atom. The van der Waals surface area contributed by atoms with Crippen molar-refractivity contribution >= 4 is 27.3 Å². The summed E-state index contributed by atoms with van der Waals surface area (Å²) in [6, 6.07) is 2.10. The van der Waals surface area contributed by atoms with Crippen molar-refractivity contribution in [3.8, 4) is 0 Å². The lowest BCUT2D eigenvalue weighted by Crippen LogP contribution is -2.10. The summed E-state index contributed by atoms with van der Waals surface area (Å²) in [6.45, 7) is 2.09. The third kappa shape index (κ3) is 3.08. The molecule has 1 aromatic heterocycles. The molecule has 1 saturated carbocycles. The van der Waals surface area contributed by atoms with E-state index in [2.05, 4.69) is 28.9 Å². The minimum Gasteiger partial charge on any atom is -0.388 e. The molecule has 1 atom stereocenters. The van der Waals surface area contributed by atoms with Crippen molar-refractivity contribution < 1.29 is 5.11 Å². The molecule has 1 unspecified atom stereocenters. The summed E-state index contributed by atoms with van der Waals surface area (Å²) in [5.74, 6) is 0.734. The number of thiophene rings is 1. The van der Waals surface area contributed by atoms with E-state index in [0.29, 0.717) is 0 Å². The number of halogens is 1. The molecule has 1 aliphatic carbocycles. The van der Waals surface area contributed by atoms with E-state index in [4.69, 9.17) is 0 Å². The first-order chi connectivity index (χ1) is 7.66. The van der Waals surface area contributed by atoms with E-state index in [-0.39, 0.29) is 6.10 Å². The van der Waals surface area contributed by atoms with Crippen molar-refractivity contribution in [2.75, 3.05) is 0 Å². The van der Waals surface area contributed by atoms with Gasteiger partial charge in [-0.1, -0.05) is 32.1 Å². The van der Waals surface area contributed by atoms with Crippen LogP contribution in [-0.4, -0.2) is 5.11 Å². The van der Waals surface area contributed by atoms with Crippen LogP contribution in [0.1, 0.15) is 54.4 Å². The lowest BCUT2D eigenvalue weighted by molar-refractivity contribution is 0.134. The number of aliphatic hydroxyl groups is 1. The molecule has 0 aliphatic heterocycles. The van der Waals surface area contributed by atoms with Crippen LogP contribution in [0.25, 0.3) is 0 Å². The second-order valence-corrected chi connectivity index (χ2v) is 6.97. The van der Waals surface area contributed by atoms with Gasteiger partial charge in [0.25, 0.3) is 0 Å². The zero-order valence-corrected chi connectivity index (χ0v) is 12.1. The largest absolute Gasteiger partial charge is 0.388 e. The van der Waals surface area contributed by atoms with Crippen LogP contribution in [0.3, 0.4) is 0 Å². The number of aryl methyl sites for hydroxylation is 1. The van der Waals surface area contributed by atoms with E-state index >= 15 is 0 Å². The van der Waals surface area contributed by atoms with Crippen molar-refractivity contribution in [2.24, 2.45) is 5.92 Å². The molecule has 0 bridgehead atoms. The summed E-state index contributed by atoms with van der Waals surface area (Å²) in [7, 11) is 0. The maximum Gasteiger partial charge on any atom is 0.0896 e. The molecule has 1 N–H and O–H groups in total. The Morgan fingerprint density at radius 2 is 2.12 bits per heavy atom. The summed E-state index contributed by atoms with van der Waals surface area (Å²) in [4.78, 5) is 2.38. The zero-order chi connectivity index (χ0) is 11.5. The Hall–Kier alpha value is 0.140. The van der Waals surface area contributed by atoms with Crippen LogP contribution in [0.5, 0.6) is 0 Å². The Morgan fingerprint density at radius 1 is 1.44 bits per heavy atom. The van der Waals surface area contributed by atoms with Gasteiger partial charge in [-0.05, 0) is 41.3 Å². The second kappa shape index (κ2) is 5.65. The Labute approximate surface area is 110 Å². The standard InChI is InChI=1S/C13H19BrOS/c1-9-7-11(14)13(16-9)12(15)8-10-5-3-2-4-6-10/h7,10,12,15H,2-6,8H2,1H3. The molecule has 0 amide bonds. The Balaban J connectivity index is 1.96. The van der Waals surface area contributed by atoms with Gasteiger partial charge in [-0.15, -0.1) is 11.3 Å². The maximum absolute atomic E-state index is 10.2. The average Bonchev–Trinajstić information content (AvgIpc) is 2.59. The summed E-state index contributed by atoms with van der Waals surface area (Å²) >= 11 is 5.25. The highest BCUT2D eigenvalue weighted by Crippen LogP contribution is 2.38. The zero-order valence-electron chi connectivity index (χ0n) is 9.71. The molecule has 1 nitrogen and oxygen atoms in total. The van der Waals surface area contributed by atoms with Gasteiger partial charge in [-0.2, -0.15) is 0 Å². The van der Waals surface area contributed by atoms with E-state index in [1.807, 2.05) is 0 Å². The number of aliphatic hydroxyl groups excluding tert-OH is 1. The van der Waals surface area contributed by atoms with Crippen LogP contribution >= 0.6 is 27.3 Å². The fourth-order valence-corrected chi connectivity index (χ4v) is 4.49. The molecule has 0 spiro atoms. The lowest BCUT2D eigenvalue weighted by atomic mass is 9.85. The van der Waals surface area contributed by atoms with Crippen molar-refractivity contribution in [3.05, 3.63) is 20.3 Å². The molecule has 0 saturated heterocycles. The molecule has 0 radical (unpaired) electrons. The van der Waals surface area contributed by atoms with Crippen LogP contribution in [-0.2, 0) is 0 Å². The third-order valence-corrected chi connectivity index (χ3v) is 5.49. The van der Waals surface area contributed by atoms with E-state index < -0.39 is 0 Å². The van der Waals surface area contributed by atoms with Crippen LogP contribution in [0, 0.1) is 12.8 Å². The Bertz CT molecular complexity index is 342. The summed E-state index contributed by atoms with van der Waals surface area (Å²) < 4.78 is 1.08. The molecule has 1 heterocycles. The predicted molar refractivity (Wildman–Crippen MR) is 72.9 cm³/mol. The highest BCUT2D eigenvalue weighted by atomic mass is 79.9. The average molecular weight is 303 g/mol. The third-order valence-electron chi connectivity index (χ3n) is 3.42. The first-order valence-corrected chi connectivity index (χ1v) is 7.71. The molecular weight excluding hydrogens is 284 g/mol. The van der Waals surface area contributed by atoms with E-state index in [1.165, 1.54) is 37.0 Å². The quantitative estimate of drug-likeness (QED) is 0.848. The number of hydrogen-bond donors (Lipinski definition) is 1. The van der Waals surface area contributed by atoms with Crippen molar-refractivity contribution in [1.29, 1.82) is 0 Å². The predicted octanol–water partition coefficient (Wildman–Crippen LogP) is 4.82. The molecule has 1 aliphatic rings. The SMILES string of the molecule is Cc1cc(Br)c(C(O)CC2CCCCC2)s1. The highest BCUT2D eigenvalue weighted by molar-refractivity contribution is 9.10. The minimum absolute atomic E-state index is 0.267. The van der Waals surface area contributed by atoms with Gasteiger partial charge in [0, 0.05) is 14.2 Å². The molecule has 0 aromatic carbocycles. The van der Waals surface area contributed by atoms with E-state index in [0.717, 1.165) is 21.7 Å². The summed E-state index contributed by atoms with van der Waals surface area (Å²) in [5.41, 5.74) is 0. The fraction of sp³-hybridized carbons (Fsp3) is 0.692. The van der Waals surface area contributed by atoms with Crippen molar-refractivity contribution in [3.63, 3.8) is 0 Å². The van der Waals surface area contributed by atoms with Gasteiger partial charge in [-0.25, -0.2) is 0 Å².